The minimum atomic E-state index is -0.455. The summed E-state index contributed by atoms with van der Waals surface area (Å²) >= 11 is 2.84. The molecule has 0 fully saturated rings. The highest BCUT2D eigenvalue weighted by atomic mass is 32.2. The van der Waals surface area contributed by atoms with Crippen molar-refractivity contribution in [3.8, 4) is 11.3 Å². The van der Waals surface area contributed by atoms with Crippen molar-refractivity contribution in [3.05, 3.63) is 136 Å². The maximum absolute atomic E-state index is 13.3. The van der Waals surface area contributed by atoms with Crippen LogP contribution in [0.3, 0.4) is 0 Å². The number of aryl methyl sites for hydroxylation is 3. The summed E-state index contributed by atoms with van der Waals surface area (Å²) in [5, 5.41) is 9.09. The fourth-order valence-electron chi connectivity index (χ4n) is 4.34. The van der Waals surface area contributed by atoms with Crippen molar-refractivity contribution in [1.82, 2.24) is 10.3 Å². The first-order valence-corrected chi connectivity index (χ1v) is 16.1. The van der Waals surface area contributed by atoms with Gasteiger partial charge in [0.25, 0.3) is 11.8 Å². The van der Waals surface area contributed by atoms with E-state index < -0.39 is 5.91 Å². The first kappa shape index (κ1) is 31.4. The largest absolute Gasteiger partial charge is 0.321 e. The molecule has 45 heavy (non-hydrogen) atoms. The second kappa shape index (κ2) is 14.7. The van der Waals surface area contributed by atoms with Crippen LogP contribution in [0.15, 0.2) is 114 Å². The van der Waals surface area contributed by atoms with Gasteiger partial charge in [-0.3, -0.25) is 14.4 Å². The summed E-state index contributed by atoms with van der Waals surface area (Å²) in [7, 11) is 0. The average molecular weight is 633 g/mol. The Balaban J connectivity index is 1.19. The Morgan fingerprint density at radius 2 is 1.42 bits per heavy atom. The molecule has 1 heterocycles. The minimum absolute atomic E-state index is 0.116. The highest BCUT2D eigenvalue weighted by molar-refractivity contribution is 8.00. The van der Waals surface area contributed by atoms with Crippen LogP contribution in [0.25, 0.3) is 17.3 Å². The number of nitrogens with zero attached hydrogens (tertiary/aromatic N) is 1. The summed E-state index contributed by atoms with van der Waals surface area (Å²) in [6, 6.07) is 31.8. The molecule has 3 amide bonds. The number of carbonyl (C=O) groups excluding carboxylic acids is 3. The molecular weight excluding hydrogens is 601 g/mol. The van der Waals surface area contributed by atoms with Crippen molar-refractivity contribution >= 4 is 57.7 Å². The van der Waals surface area contributed by atoms with Gasteiger partial charge < -0.3 is 16.0 Å². The molecule has 1 aromatic heterocycles. The molecule has 0 spiro atoms. The van der Waals surface area contributed by atoms with E-state index >= 15 is 0 Å². The number of thiazole rings is 1. The number of thioether (sulfide) groups is 1. The second-order valence-corrected chi connectivity index (χ2v) is 12.6. The predicted molar refractivity (Wildman–Crippen MR) is 185 cm³/mol. The Bertz CT molecular complexity index is 1830. The van der Waals surface area contributed by atoms with Crippen molar-refractivity contribution in [2.24, 2.45) is 0 Å². The van der Waals surface area contributed by atoms with E-state index in [4.69, 9.17) is 0 Å². The van der Waals surface area contributed by atoms with Crippen LogP contribution in [0.4, 0.5) is 10.8 Å². The van der Waals surface area contributed by atoms with Crippen LogP contribution < -0.4 is 16.0 Å². The third-order valence-electron chi connectivity index (χ3n) is 6.77. The lowest BCUT2D eigenvalue weighted by atomic mass is 10.1. The Morgan fingerprint density at radius 3 is 2.09 bits per heavy atom. The van der Waals surface area contributed by atoms with Gasteiger partial charge in [0.2, 0.25) is 5.91 Å². The van der Waals surface area contributed by atoms with Crippen molar-refractivity contribution < 1.29 is 14.4 Å². The molecule has 0 aliphatic rings. The molecule has 7 nitrogen and oxygen atoms in total. The number of hydrogen-bond donors (Lipinski definition) is 3. The molecule has 0 unspecified atom stereocenters. The Labute approximate surface area is 270 Å². The molecule has 226 valence electrons. The molecule has 3 N–H and O–H groups in total. The Morgan fingerprint density at radius 1 is 0.778 bits per heavy atom. The molecule has 0 aliphatic heterocycles. The molecular formula is C36H32N4O3S2. The summed E-state index contributed by atoms with van der Waals surface area (Å²) < 4.78 is 0. The van der Waals surface area contributed by atoms with E-state index in [0.717, 1.165) is 32.2 Å². The van der Waals surface area contributed by atoms with Crippen LogP contribution >= 0.6 is 23.1 Å². The molecule has 0 radical (unpaired) electrons. The van der Waals surface area contributed by atoms with E-state index in [2.05, 4.69) is 20.9 Å². The molecule has 0 atom stereocenters. The zero-order valence-corrected chi connectivity index (χ0v) is 26.7. The molecule has 5 rings (SSSR count). The molecule has 4 aromatic carbocycles. The Hall–Kier alpha value is -4.99. The third kappa shape index (κ3) is 8.78. The highest BCUT2D eigenvalue weighted by Gasteiger charge is 2.16. The first-order valence-electron chi connectivity index (χ1n) is 14.3. The Kier molecular flexibility index (Phi) is 10.2. The van der Waals surface area contributed by atoms with Crippen molar-refractivity contribution in [1.29, 1.82) is 0 Å². The number of nitrogens with one attached hydrogen (secondary N) is 3. The van der Waals surface area contributed by atoms with Gasteiger partial charge in [0.15, 0.2) is 5.13 Å². The zero-order chi connectivity index (χ0) is 31.8. The van der Waals surface area contributed by atoms with E-state index in [1.165, 1.54) is 28.7 Å². The number of aromatic nitrogens is 1. The average Bonchev–Trinajstić information content (AvgIpc) is 3.41. The third-order valence-corrected chi connectivity index (χ3v) is 8.67. The number of amides is 3. The van der Waals surface area contributed by atoms with Gasteiger partial charge in [-0.15, -0.1) is 23.1 Å². The van der Waals surface area contributed by atoms with E-state index in [1.54, 1.807) is 42.5 Å². The number of benzene rings is 4. The van der Waals surface area contributed by atoms with Crippen LogP contribution in [0.2, 0.25) is 0 Å². The monoisotopic (exact) mass is 632 g/mol. The number of rotatable bonds is 10. The topological polar surface area (TPSA) is 100 Å². The molecule has 5 aromatic rings. The van der Waals surface area contributed by atoms with E-state index in [0.29, 0.717) is 16.4 Å². The van der Waals surface area contributed by atoms with Crippen LogP contribution in [0.1, 0.15) is 31.9 Å². The fraction of sp³-hybridized carbons (Fsp3) is 0.111. The quantitative estimate of drug-likeness (QED) is 0.107. The zero-order valence-electron chi connectivity index (χ0n) is 25.1. The number of hydrogen-bond acceptors (Lipinski definition) is 6. The number of anilines is 2. The van der Waals surface area contributed by atoms with Gasteiger partial charge in [0.1, 0.15) is 5.70 Å². The van der Waals surface area contributed by atoms with Crippen LogP contribution in [0, 0.1) is 20.8 Å². The van der Waals surface area contributed by atoms with Crippen molar-refractivity contribution in [2.45, 2.75) is 25.7 Å². The van der Waals surface area contributed by atoms with E-state index in [1.807, 2.05) is 87.5 Å². The lowest BCUT2D eigenvalue weighted by Crippen LogP contribution is -2.30. The van der Waals surface area contributed by atoms with Gasteiger partial charge in [-0.2, -0.15) is 0 Å². The van der Waals surface area contributed by atoms with E-state index in [9.17, 15) is 14.4 Å². The number of carbonyl (C=O) groups is 3. The normalized spacial score (nSPS) is 11.1. The smallest absolute Gasteiger partial charge is 0.272 e. The van der Waals surface area contributed by atoms with E-state index in [-0.39, 0.29) is 23.3 Å². The maximum atomic E-state index is 13.3. The molecule has 9 heteroatoms. The first-order chi connectivity index (χ1) is 21.7. The van der Waals surface area contributed by atoms with Gasteiger partial charge in [0, 0.05) is 26.6 Å². The van der Waals surface area contributed by atoms with Crippen molar-refractivity contribution in [3.63, 3.8) is 0 Å². The van der Waals surface area contributed by atoms with Gasteiger partial charge >= 0.3 is 0 Å². The van der Waals surface area contributed by atoms with Crippen LogP contribution in [0.5, 0.6) is 0 Å². The minimum Gasteiger partial charge on any atom is -0.321 e. The molecule has 0 saturated heterocycles. The summed E-state index contributed by atoms with van der Waals surface area (Å²) in [6.07, 6.45) is 1.64. The summed E-state index contributed by atoms with van der Waals surface area (Å²) in [4.78, 5) is 45.4. The lowest BCUT2D eigenvalue weighted by Gasteiger charge is -2.12. The standard InChI is InChI=1S/C36H32N4O3S2/c1-23-9-13-26(14-10-23)21-31(38-34(42)28-7-5-4-6-8-28)35(43)37-29-17-19-30(20-18-29)44-22-32(41)39-36-40-33(25(3)45-36)27-15-11-24(2)12-16-27/h4-21H,22H2,1-3H3,(H,37,43)(H,38,42)(H,39,40,41)/b31-21-. The van der Waals surface area contributed by atoms with Crippen LogP contribution in [-0.2, 0) is 9.59 Å². The van der Waals surface area contributed by atoms with Crippen LogP contribution in [-0.4, -0.2) is 28.5 Å². The SMILES string of the molecule is Cc1ccc(/C=C(\NC(=O)c2ccccc2)C(=O)Nc2ccc(SCC(=O)Nc3nc(-c4ccc(C)cc4)c(C)s3)cc2)cc1. The predicted octanol–water partition coefficient (Wildman–Crippen LogP) is 7.88. The summed E-state index contributed by atoms with van der Waals surface area (Å²) in [6.45, 7) is 6.02. The highest BCUT2D eigenvalue weighted by Crippen LogP contribution is 2.31. The fourth-order valence-corrected chi connectivity index (χ4v) is 5.89. The maximum Gasteiger partial charge on any atom is 0.272 e. The summed E-state index contributed by atoms with van der Waals surface area (Å²) in [5.74, 6) is -0.780. The van der Waals surface area contributed by atoms with Crippen molar-refractivity contribution in [2.75, 3.05) is 16.4 Å². The lowest BCUT2D eigenvalue weighted by molar-refractivity contribution is -0.114. The van der Waals surface area contributed by atoms with Gasteiger partial charge in [-0.05, 0) is 68.8 Å². The molecule has 0 bridgehead atoms. The van der Waals surface area contributed by atoms with Gasteiger partial charge in [-0.1, -0.05) is 77.9 Å². The summed E-state index contributed by atoms with van der Waals surface area (Å²) in [5.41, 5.74) is 6.06. The molecule has 0 saturated carbocycles. The second-order valence-electron chi connectivity index (χ2n) is 10.4. The molecule has 0 aliphatic carbocycles. The van der Waals surface area contributed by atoms with Gasteiger partial charge in [-0.25, -0.2) is 4.98 Å². The van der Waals surface area contributed by atoms with Gasteiger partial charge in [0.05, 0.1) is 11.4 Å².